The standard InChI is InChI=1S/C6H16N2O2S/c1-4-5-8(3)11(9,10)6-7-2/h7H,4-6H2,1-3H3. The average Bonchev–Trinajstić information content (AvgIpc) is 1.88. The van der Waals surface area contributed by atoms with Gasteiger partial charge in [-0.1, -0.05) is 6.92 Å². The summed E-state index contributed by atoms with van der Waals surface area (Å²) in [6, 6.07) is 0. The molecule has 0 saturated carbocycles. The monoisotopic (exact) mass is 180 g/mol. The highest BCUT2D eigenvalue weighted by Crippen LogP contribution is 1.96. The van der Waals surface area contributed by atoms with E-state index in [1.165, 1.54) is 4.31 Å². The van der Waals surface area contributed by atoms with Gasteiger partial charge in [0.15, 0.2) is 0 Å². The molecule has 4 nitrogen and oxygen atoms in total. The molecule has 0 aromatic rings. The molecule has 0 aromatic carbocycles. The van der Waals surface area contributed by atoms with Crippen LogP contribution in [0.15, 0.2) is 0 Å². The van der Waals surface area contributed by atoms with Crippen LogP contribution in [0.1, 0.15) is 13.3 Å². The van der Waals surface area contributed by atoms with E-state index in [0.717, 1.165) is 6.42 Å². The van der Waals surface area contributed by atoms with Crippen LogP contribution in [-0.2, 0) is 10.0 Å². The molecule has 68 valence electrons. The van der Waals surface area contributed by atoms with Crippen molar-refractivity contribution in [3.63, 3.8) is 0 Å². The van der Waals surface area contributed by atoms with Gasteiger partial charge in [0.1, 0.15) is 5.88 Å². The molecule has 0 amide bonds. The molecule has 0 spiro atoms. The summed E-state index contributed by atoms with van der Waals surface area (Å²) in [5.41, 5.74) is 0. The molecular weight excluding hydrogens is 164 g/mol. The van der Waals surface area contributed by atoms with Gasteiger partial charge in [0.2, 0.25) is 10.0 Å². The predicted molar refractivity (Wildman–Crippen MR) is 45.8 cm³/mol. The molecule has 0 bridgehead atoms. The van der Waals surface area contributed by atoms with Gasteiger partial charge in [0.05, 0.1) is 0 Å². The number of sulfonamides is 1. The van der Waals surface area contributed by atoms with Crippen molar-refractivity contribution in [2.45, 2.75) is 13.3 Å². The van der Waals surface area contributed by atoms with Gasteiger partial charge in [-0.25, -0.2) is 12.7 Å². The first-order chi connectivity index (χ1) is 5.04. The van der Waals surface area contributed by atoms with Gasteiger partial charge in [0, 0.05) is 13.6 Å². The van der Waals surface area contributed by atoms with Crippen LogP contribution in [-0.4, -0.2) is 39.2 Å². The van der Waals surface area contributed by atoms with E-state index in [4.69, 9.17) is 0 Å². The topological polar surface area (TPSA) is 49.4 Å². The van der Waals surface area contributed by atoms with Gasteiger partial charge in [-0.3, -0.25) is 0 Å². The highest BCUT2D eigenvalue weighted by atomic mass is 32.2. The Morgan fingerprint density at radius 2 is 2.00 bits per heavy atom. The molecule has 0 aromatic heterocycles. The third-order valence-corrected chi connectivity index (χ3v) is 3.13. The molecule has 11 heavy (non-hydrogen) atoms. The Labute approximate surface area is 68.6 Å². The van der Waals surface area contributed by atoms with E-state index >= 15 is 0 Å². The minimum absolute atomic E-state index is 0.0174. The summed E-state index contributed by atoms with van der Waals surface area (Å²) in [5, 5.41) is 2.62. The Morgan fingerprint density at radius 1 is 1.45 bits per heavy atom. The fourth-order valence-corrected chi connectivity index (χ4v) is 1.79. The second-order valence-electron chi connectivity index (χ2n) is 2.43. The zero-order chi connectivity index (χ0) is 8.91. The lowest BCUT2D eigenvalue weighted by atomic mass is 10.5. The van der Waals surface area contributed by atoms with E-state index in [1.54, 1.807) is 14.1 Å². The summed E-state index contributed by atoms with van der Waals surface area (Å²) in [7, 11) is 0.166. The van der Waals surface area contributed by atoms with Gasteiger partial charge in [0.25, 0.3) is 0 Å². The van der Waals surface area contributed by atoms with E-state index in [9.17, 15) is 8.42 Å². The van der Waals surface area contributed by atoms with Crippen molar-refractivity contribution in [1.82, 2.24) is 9.62 Å². The van der Waals surface area contributed by atoms with E-state index in [2.05, 4.69) is 5.32 Å². The van der Waals surface area contributed by atoms with Crippen LogP contribution in [0.3, 0.4) is 0 Å². The number of rotatable bonds is 5. The Hall–Kier alpha value is -0.130. The van der Waals surface area contributed by atoms with E-state index in [1.807, 2.05) is 6.92 Å². The molecule has 1 N–H and O–H groups in total. The van der Waals surface area contributed by atoms with Gasteiger partial charge >= 0.3 is 0 Å². The van der Waals surface area contributed by atoms with Crippen molar-refractivity contribution >= 4 is 10.0 Å². The maximum Gasteiger partial charge on any atom is 0.226 e. The van der Waals surface area contributed by atoms with E-state index in [-0.39, 0.29) is 5.88 Å². The lowest BCUT2D eigenvalue weighted by Gasteiger charge is -2.15. The highest BCUT2D eigenvalue weighted by Gasteiger charge is 2.14. The third kappa shape index (κ3) is 3.69. The number of nitrogens with zero attached hydrogens (tertiary/aromatic N) is 1. The van der Waals surface area contributed by atoms with Crippen LogP contribution >= 0.6 is 0 Å². The normalized spacial score (nSPS) is 12.4. The van der Waals surface area contributed by atoms with Crippen LogP contribution in [0.4, 0.5) is 0 Å². The quantitative estimate of drug-likeness (QED) is 0.639. The van der Waals surface area contributed by atoms with Crippen molar-refractivity contribution < 1.29 is 8.42 Å². The first-order valence-corrected chi connectivity index (χ1v) is 5.24. The van der Waals surface area contributed by atoms with Crippen LogP contribution in [0.5, 0.6) is 0 Å². The van der Waals surface area contributed by atoms with Crippen molar-refractivity contribution in [3.8, 4) is 0 Å². The summed E-state index contributed by atoms with van der Waals surface area (Å²) in [4.78, 5) is 0. The summed E-state index contributed by atoms with van der Waals surface area (Å²) in [6.07, 6.45) is 0.847. The van der Waals surface area contributed by atoms with E-state index < -0.39 is 10.0 Å². The molecule has 0 aliphatic rings. The molecule has 0 fully saturated rings. The average molecular weight is 180 g/mol. The number of hydrogen-bond acceptors (Lipinski definition) is 3. The Balaban J connectivity index is 4.07. The third-order valence-electron chi connectivity index (χ3n) is 1.34. The van der Waals surface area contributed by atoms with Gasteiger partial charge in [-0.15, -0.1) is 0 Å². The molecule has 0 aliphatic carbocycles. The maximum atomic E-state index is 11.2. The summed E-state index contributed by atoms with van der Waals surface area (Å²) in [5.74, 6) is 0.0174. The number of nitrogens with one attached hydrogen (secondary N) is 1. The second-order valence-corrected chi connectivity index (χ2v) is 4.51. The van der Waals surface area contributed by atoms with Crippen LogP contribution in [0.25, 0.3) is 0 Å². The molecule has 0 aliphatic heterocycles. The van der Waals surface area contributed by atoms with Crippen LogP contribution in [0.2, 0.25) is 0 Å². The first-order valence-electron chi connectivity index (χ1n) is 3.63. The molecule has 5 heteroatoms. The van der Waals surface area contributed by atoms with Crippen molar-refractivity contribution in [2.24, 2.45) is 0 Å². The molecule has 0 saturated heterocycles. The van der Waals surface area contributed by atoms with Gasteiger partial charge in [-0.2, -0.15) is 0 Å². The SMILES string of the molecule is CCCN(C)S(=O)(=O)CNC. The Bertz CT molecular complexity index is 189. The van der Waals surface area contributed by atoms with E-state index in [0.29, 0.717) is 6.54 Å². The largest absolute Gasteiger partial charge is 0.306 e. The first kappa shape index (κ1) is 10.9. The fraction of sp³-hybridized carbons (Fsp3) is 1.00. The maximum absolute atomic E-state index is 11.2. The smallest absolute Gasteiger partial charge is 0.226 e. The van der Waals surface area contributed by atoms with Gasteiger partial charge in [-0.05, 0) is 13.5 Å². The number of hydrogen-bond donors (Lipinski definition) is 1. The molecule has 0 heterocycles. The zero-order valence-corrected chi connectivity index (χ0v) is 8.11. The Morgan fingerprint density at radius 3 is 2.36 bits per heavy atom. The minimum atomic E-state index is -3.05. The molecule has 0 radical (unpaired) electrons. The molecular formula is C6H16N2O2S. The Kier molecular flexibility index (Phi) is 4.63. The second kappa shape index (κ2) is 4.69. The predicted octanol–water partition coefficient (Wildman–Crippen LogP) is -0.165. The highest BCUT2D eigenvalue weighted by molar-refractivity contribution is 7.89. The van der Waals surface area contributed by atoms with Gasteiger partial charge < -0.3 is 5.32 Å². The van der Waals surface area contributed by atoms with Crippen LogP contribution in [0, 0.1) is 0 Å². The molecule has 0 atom stereocenters. The fourth-order valence-electron chi connectivity index (χ4n) is 0.747. The zero-order valence-electron chi connectivity index (χ0n) is 7.29. The molecule has 0 unspecified atom stereocenters. The lowest BCUT2D eigenvalue weighted by molar-refractivity contribution is 0.466. The van der Waals surface area contributed by atoms with Crippen molar-refractivity contribution in [2.75, 3.05) is 26.5 Å². The van der Waals surface area contributed by atoms with Crippen LogP contribution < -0.4 is 5.32 Å². The summed E-state index contributed by atoms with van der Waals surface area (Å²) >= 11 is 0. The summed E-state index contributed by atoms with van der Waals surface area (Å²) < 4.78 is 23.7. The molecule has 0 rings (SSSR count). The lowest BCUT2D eigenvalue weighted by Crippen LogP contribution is -2.34. The summed E-state index contributed by atoms with van der Waals surface area (Å²) in [6.45, 7) is 2.54. The van der Waals surface area contributed by atoms with Crippen molar-refractivity contribution in [1.29, 1.82) is 0 Å². The minimum Gasteiger partial charge on any atom is -0.306 e. The van der Waals surface area contributed by atoms with Crippen molar-refractivity contribution in [3.05, 3.63) is 0 Å².